The first-order valence-electron chi connectivity index (χ1n) is 6.57. The maximum atomic E-state index is 12.1. The quantitative estimate of drug-likeness (QED) is 0.805. The standard InChI is InChI=1S/C16H14ClN3O/c1-20-10-18-14-9-13(5-6-15(14)20)19-16(21)8-11-3-2-4-12(17)7-11/h2-7,9-10H,8H2,1H3,(H,19,21). The van der Waals surface area contributed by atoms with Crippen molar-refractivity contribution in [3.05, 3.63) is 59.4 Å². The molecule has 0 unspecified atom stereocenters. The van der Waals surface area contributed by atoms with Gasteiger partial charge < -0.3 is 9.88 Å². The fourth-order valence-electron chi connectivity index (χ4n) is 2.25. The molecule has 3 rings (SSSR count). The molecule has 0 fully saturated rings. The van der Waals surface area contributed by atoms with Crippen LogP contribution in [-0.4, -0.2) is 15.5 Å². The number of hydrogen-bond acceptors (Lipinski definition) is 2. The average molecular weight is 300 g/mol. The minimum atomic E-state index is -0.0763. The summed E-state index contributed by atoms with van der Waals surface area (Å²) in [5, 5.41) is 3.51. The highest BCUT2D eigenvalue weighted by Gasteiger charge is 2.06. The van der Waals surface area contributed by atoms with Gasteiger partial charge in [0.05, 0.1) is 23.8 Å². The van der Waals surface area contributed by atoms with Crippen LogP contribution in [0.5, 0.6) is 0 Å². The first-order chi connectivity index (χ1) is 10.1. The van der Waals surface area contributed by atoms with Crippen LogP contribution in [0.2, 0.25) is 5.02 Å². The van der Waals surface area contributed by atoms with Gasteiger partial charge in [0.15, 0.2) is 0 Å². The van der Waals surface area contributed by atoms with E-state index in [1.54, 1.807) is 18.5 Å². The molecule has 21 heavy (non-hydrogen) atoms. The molecule has 0 aliphatic rings. The number of halogens is 1. The van der Waals surface area contributed by atoms with Gasteiger partial charge in [0.25, 0.3) is 0 Å². The van der Waals surface area contributed by atoms with Crippen molar-refractivity contribution in [2.75, 3.05) is 5.32 Å². The number of aryl methyl sites for hydroxylation is 1. The lowest BCUT2D eigenvalue weighted by Crippen LogP contribution is -2.14. The monoisotopic (exact) mass is 299 g/mol. The molecule has 0 aliphatic carbocycles. The van der Waals surface area contributed by atoms with Crippen LogP contribution in [0.25, 0.3) is 11.0 Å². The Balaban J connectivity index is 1.73. The maximum Gasteiger partial charge on any atom is 0.228 e. The topological polar surface area (TPSA) is 46.9 Å². The number of imidazole rings is 1. The third kappa shape index (κ3) is 3.06. The molecule has 2 aromatic carbocycles. The Morgan fingerprint density at radius 2 is 2.14 bits per heavy atom. The van der Waals surface area contributed by atoms with Crippen LogP contribution in [0.1, 0.15) is 5.56 Å². The van der Waals surface area contributed by atoms with Gasteiger partial charge in [-0.1, -0.05) is 23.7 Å². The molecule has 3 aromatic rings. The molecule has 5 heteroatoms. The summed E-state index contributed by atoms with van der Waals surface area (Å²) in [6, 6.07) is 13.0. The van der Waals surface area contributed by atoms with Gasteiger partial charge in [-0.05, 0) is 35.9 Å². The van der Waals surface area contributed by atoms with E-state index in [1.165, 1.54) is 0 Å². The molecular formula is C16H14ClN3O. The molecule has 0 aliphatic heterocycles. The maximum absolute atomic E-state index is 12.1. The zero-order valence-corrected chi connectivity index (χ0v) is 12.3. The van der Waals surface area contributed by atoms with Gasteiger partial charge in [0.1, 0.15) is 0 Å². The molecular weight excluding hydrogens is 286 g/mol. The smallest absolute Gasteiger partial charge is 0.228 e. The van der Waals surface area contributed by atoms with Crippen LogP contribution >= 0.6 is 11.6 Å². The van der Waals surface area contributed by atoms with Crippen molar-refractivity contribution < 1.29 is 4.79 Å². The van der Waals surface area contributed by atoms with E-state index in [0.717, 1.165) is 22.3 Å². The Hall–Kier alpha value is -2.33. The Morgan fingerprint density at radius 1 is 1.29 bits per heavy atom. The molecule has 0 bridgehead atoms. The van der Waals surface area contributed by atoms with E-state index in [4.69, 9.17) is 11.6 Å². The third-order valence-corrected chi connectivity index (χ3v) is 3.50. The Morgan fingerprint density at radius 3 is 2.95 bits per heavy atom. The van der Waals surface area contributed by atoms with E-state index in [1.807, 2.05) is 41.9 Å². The lowest BCUT2D eigenvalue weighted by molar-refractivity contribution is -0.115. The molecule has 1 N–H and O–H groups in total. The number of rotatable bonds is 3. The van der Waals surface area contributed by atoms with E-state index in [0.29, 0.717) is 11.4 Å². The van der Waals surface area contributed by atoms with Crippen LogP contribution in [0.15, 0.2) is 48.8 Å². The Bertz CT molecular complexity index is 810. The highest BCUT2D eigenvalue weighted by atomic mass is 35.5. The summed E-state index contributed by atoms with van der Waals surface area (Å²) in [6.45, 7) is 0. The number of amides is 1. The first-order valence-corrected chi connectivity index (χ1v) is 6.95. The summed E-state index contributed by atoms with van der Waals surface area (Å²) in [5.74, 6) is -0.0763. The number of carbonyl (C=O) groups excluding carboxylic acids is 1. The second kappa shape index (κ2) is 5.58. The minimum absolute atomic E-state index is 0.0763. The van der Waals surface area contributed by atoms with E-state index >= 15 is 0 Å². The van der Waals surface area contributed by atoms with E-state index in [-0.39, 0.29) is 5.91 Å². The van der Waals surface area contributed by atoms with Gasteiger partial charge in [0.2, 0.25) is 5.91 Å². The van der Waals surface area contributed by atoms with Crippen molar-refractivity contribution in [3.63, 3.8) is 0 Å². The molecule has 0 saturated carbocycles. The summed E-state index contributed by atoms with van der Waals surface area (Å²) < 4.78 is 1.94. The van der Waals surface area contributed by atoms with Crippen molar-refractivity contribution in [1.29, 1.82) is 0 Å². The summed E-state index contributed by atoms with van der Waals surface area (Å²) in [7, 11) is 1.94. The van der Waals surface area contributed by atoms with Crippen LogP contribution in [-0.2, 0) is 18.3 Å². The number of hydrogen-bond donors (Lipinski definition) is 1. The Labute approximate surface area is 127 Å². The zero-order valence-electron chi connectivity index (χ0n) is 11.5. The van der Waals surface area contributed by atoms with E-state index in [2.05, 4.69) is 10.3 Å². The average Bonchev–Trinajstić information content (AvgIpc) is 2.80. The molecule has 106 valence electrons. The number of fused-ring (bicyclic) bond motifs is 1. The SMILES string of the molecule is Cn1cnc2cc(NC(=O)Cc3cccc(Cl)c3)ccc21. The van der Waals surface area contributed by atoms with E-state index in [9.17, 15) is 4.79 Å². The lowest BCUT2D eigenvalue weighted by atomic mass is 10.1. The van der Waals surface area contributed by atoms with Crippen LogP contribution in [0.3, 0.4) is 0 Å². The molecule has 0 spiro atoms. The van der Waals surface area contributed by atoms with Crippen LogP contribution in [0.4, 0.5) is 5.69 Å². The molecule has 0 saturated heterocycles. The molecule has 4 nitrogen and oxygen atoms in total. The predicted octanol–water partition coefficient (Wildman–Crippen LogP) is 3.41. The number of benzene rings is 2. The summed E-state index contributed by atoms with van der Waals surface area (Å²) in [6.07, 6.45) is 2.04. The molecule has 1 heterocycles. The second-order valence-corrected chi connectivity index (χ2v) is 5.35. The lowest BCUT2D eigenvalue weighted by Gasteiger charge is -2.06. The van der Waals surface area contributed by atoms with Gasteiger partial charge in [-0.3, -0.25) is 4.79 Å². The van der Waals surface area contributed by atoms with Gasteiger partial charge in [-0.15, -0.1) is 0 Å². The largest absolute Gasteiger partial charge is 0.334 e. The van der Waals surface area contributed by atoms with Gasteiger partial charge >= 0.3 is 0 Å². The number of aromatic nitrogens is 2. The molecule has 1 aromatic heterocycles. The van der Waals surface area contributed by atoms with Gasteiger partial charge in [-0.2, -0.15) is 0 Å². The van der Waals surface area contributed by atoms with Crippen molar-refractivity contribution in [3.8, 4) is 0 Å². The minimum Gasteiger partial charge on any atom is -0.334 e. The van der Waals surface area contributed by atoms with E-state index < -0.39 is 0 Å². The predicted molar refractivity (Wildman–Crippen MR) is 84.5 cm³/mol. The molecule has 0 atom stereocenters. The Kier molecular flexibility index (Phi) is 3.62. The van der Waals surface area contributed by atoms with Gasteiger partial charge in [0, 0.05) is 17.8 Å². The highest BCUT2D eigenvalue weighted by molar-refractivity contribution is 6.30. The van der Waals surface area contributed by atoms with Crippen molar-refractivity contribution in [2.45, 2.75) is 6.42 Å². The first kappa shape index (κ1) is 13.6. The normalized spacial score (nSPS) is 10.8. The number of nitrogens with zero attached hydrogens (tertiary/aromatic N) is 2. The van der Waals surface area contributed by atoms with Crippen molar-refractivity contribution >= 4 is 34.2 Å². The number of nitrogens with one attached hydrogen (secondary N) is 1. The van der Waals surface area contributed by atoms with Crippen molar-refractivity contribution in [2.24, 2.45) is 7.05 Å². The fraction of sp³-hybridized carbons (Fsp3) is 0.125. The second-order valence-electron chi connectivity index (χ2n) is 4.91. The third-order valence-electron chi connectivity index (χ3n) is 3.26. The summed E-state index contributed by atoms with van der Waals surface area (Å²) in [4.78, 5) is 16.3. The summed E-state index contributed by atoms with van der Waals surface area (Å²) >= 11 is 5.91. The highest BCUT2D eigenvalue weighted by Crippen LogP contribution is 2.18. The number of carbonyl (C=O) groups is 1. The van der Waals surface area contributed by atoms with Crippen LogP contribution in [0, 0.1) is 0 Å². The van der Waals surface area contributed by atoms with Gasteiger partial charge in [-0.25, -0.2) is 4.98 Å². The van der Waals surface area contributed by atoms with Crippen molar-refractivity contribution in [1.82, 2.24) is 9.55 Å². The summed E-state index contributed by atoms with van der Waals surface area (Å²) in [5.41, 5.74) is 3.52. The molecule has 1 amide bonds. The van der Waals surface area contributed by atoms with Crippen LogP contribution < -0.4 is 5.32 Å². The number of anilines is 1. The fourth-order valence-corrected chi connectivity index (χ4v) is 2.46. The molecule has 0 radical (unpaired) electrons. The zero-order chi connectivity index (χ0) is 14.8.